The van der Waals surface area contributed by atoms with Gasteiger partial charge in [0.1, 0.15) is 5.82 Å². The van der Waals surface area contributed by atoms with Gasteiger partial charge in [-0.15, -0.1) is 0 Å². The lowest BCUT2D eigenvalue weighted by atomic mass is 10.1. The molecule has 104 valence electrons. The molecule has 2 N–H and O–H groups in total. The molecule has 1 aromatic heterocycles. The van der Waals surface area contributed by atoms with E-state index in [0.717, 1.165) is 0 Å². The minimum atomic E-state index is -0.667. The summed E-state index contributed by atoms with van der Waals surface area (Å²) >= 11 is 5.99. The molecule has 0 fully saturated rings. The van der Waals surface area contributed by atoms with E-state index in [2.05, 4.69) is 10.3 Å². The number of aromatic nitrogens is 1. The van der Waals surface area contributed by atoms with Crippen molar-refractivity contribution in [3.8, 4) is 11.3 Å². The molecule has 0 spiro atoms. The van der Waals surface area contributed by atoms with Crippen LogP contribution in [0.15, 0.2) is 36.5 Å². The topological polar surface area (TPSA) is 62.2 Å². The maximum absolute atomic E-state index is 14.0. The van der Waals surface area contributed by atoms with Crippen molar-refractivity contribution >= 4 is 17.5 Å². The number of halogens is 2. The van der Waals surface area contributed by atoms with E-state index in [1.54, 1.807) is 24.4 Å². The largest absolute Gasteiger partial charge is 0.395 e. The fourth-order valence-corrected chi connectivity index (χ4v) is 1.94. The molecule has 2 rings (SSSR count). The van der Waals surface area contributed by atoms with Gasteiger partial charge in [-0.05, 0) is 24.3 Å². The lowest BCUT2D eigenvalue weighted by Gasteiger charge is -2.07. The zero-order valence-electron chi connectivity index (χ0n) is 10.4. The number of aliphatic hydroxyl groups is 1. The summed E-state index contributed by atoms with van der Waals surface area (Å²) in [5.74, 6) is -1.24. The first-order chi connectivity index (χ1) is 9.63. The molecule has 0 saturated heterocycles. The molecule has 0 bridgehead atoms. The number of rotatable bonds is 4. The number of hydrogen-bond acceptors (Lipinski definition) is 3. The molecule has 0 radical (unpaired) electrons. The summed E-state index contributed by atoms with van der Waals surface area (Å²) in [6.45, 7) is -0.124. The van der Waals surface area contributed by atoms with Crippen LogP contribution in [-0.4, -0.2) is 29.1 Å². The number of nitrogens with one attached hydrogen (secondary N) is 1. The van der Waals surface area contributed by atoms with Crippen molar-refractivity contribution in [3.05, 3.63) is 52.9 Å². The van der Waals surface area contributed by atoms with Gasteiger partial charge in [-0.25, -0.2) is 4.39 Å². The zero-order valence-corrected chi connectivity index (χ0v) is 11.2. The third kappa shape index (κ3) is 3.12. The van der Waals surface area contributed by atoms with Crippen molar-refractivity contribution in [1.82, 2.24) is 10.3 Å². The molecule has 2 aromatic rings. The summed E-state index contributed by atoms with van der Waals surface area (Å²) in [6, 6.07) is 7.48. The second-order valence-corrected chi connectivity index (χ2v) is 4.42. The maximum Gasteiger partial charge on any atom is 0.254 e. The summed E-state index contributed by atoms with van der Waals surface area (Å²) < 4.78 is 14.0. The number of carbonyl (C=O) groups excluding carboxylic acids is 1. The fourth-order valence-electron chi connectivity index (χ4n) is 1.71. The van der Waals surface area contributed by atoms with Crippen LogP contribution in [0.25, 0.3) is 11.3 Å². The second kappa shape index (κ2) is 6.45. The number of nitrogens with zero attached hydrogens (tertiary/aromatic N) is 1. The van der Waals surface area contributed by atoms with Crippen molar-refractivity contribution < 1.29 is 14.3 Å². The van der Waals surface area contributed by atoms with E-state index < -0.39 is 11.7 Å². The zero-order chi connectivity index (χ0) is 14.5. The van der Waals surface area contributed by atoms with Gasteiger partial charge >= 0.3 is 0 Å². The molecule has 0 unspecified atom stereocenters. The van der Waals surface area contributed by atoms with Gasteiger partial charge in [0.2, 0.25) is 0 Å². The first-order valence-electron chi connectivity index (χ1n) is 5.93. The van der Waals surface area contributed by atoms with Gasteiger partial charge in [0.15, 0.2) is 0 Å². The Labute approximate surface area is 120 Å². The maximum atomic E-state index is 14.0. The van der Waals surface area contributed by atoms with Gasteiger partial charge in [0.25, 0.3) is 5.91 Å². The molecule has 1 amide bonds. The highest BCUT2D eigenvalue weighted by Gasteiger charge is 2.13. The van der Waals surface area contributed by atoms with Crippen molar-refractivity contribution in [3.63, 3.8) is 0 Å². The monoisotopic (exact) mass is 294 g/mol. The SMILES string of the molecule is O=C(NCCO)c1ccc(-c2ncccc2Cl)cc1F. The van der Waals surface area contributed by atoms with Crippen LogP contribution in [0.5, 0.6) is 0 Å². The van der Waals surface area contributed by atoms with Crippen LogP contribution in [0.2, 0.25) is 5.02 Å². The van der Waals surface area contributed by atoms with E-state index >= 15 is 0 Å². The predicted molar refractivity (Wildman–Crippen MR) is 74.1 cm³/mol. The first kappa shape index (κ1) is 14.4. The van der Waals surface area contributed by atoms with E-state index in [0.29, 0.717) is 16.3 Å². The predicted octanol–water partition coefficient (Wildman–Crippen LogP) is 2.26. The van der Waals surface area contributed by atoms with Crippen LogP contribution in [0, 0.1) is 5.82 Å². The third-order valence-corrected chi connectivity index (χ3v) is 2.95. The Bertz CT molecular complexity index is 634. The van der Waals surface area contributed by atoms with Gasteiger partial charge in [-0.3, -0.25) is 9.78 Å². The quantitative estimate of drug-likeness (QED) is 0.909. The van der Waals surface area contributed by atoms with Crippen LogP contribution in [0.1, 0.15) is 10.4 Å². The smallest absolute Gasteiger partial charge is 0.254 e. The van der Waals surface area contributed by atoms with Crippen molar-refractivity contribution in [2.45, 2.75) is 0 Å². The highest BCUT2D eigenvalue weighted by Crippen LogP contribution is 2.26. The lowest BCUT2D eigenvalue weighted by Crippen LogP contribution is -2.27. The Balaban J connectivity index is 2.31. The Morgan fingerprint density at radius 3 is 2.85 bits per heavy atom. The number of aliphatic hydroxyl groups excluding tert-OH is 1. The molecule has 1 aromatic carbocycles. The number of benzene rings is 1. The number of amides is 1. The summed E-state index contributed by atoms with van der Waals surface area (Å²) in [6.07, 6.45) is 1.56. The third-order valence-electron chi connectivity index (χ3n) is 2.64. The van der Waals surface area contributed by atoms with Gasteiger partial charge < -0.3 is 10.4 Å². The highest BCUT2D eigenvalue weighted by atomic mass is 35.5. The summed E-state index contributed by atoms with van der Waals surface area (Å²) in [4.78, 5) is 15.7. The Hall–Kier alpha value is -1.98. The Kier molecular flexibility index (Phi) is 4.65. The standard InChI is InChI=1S/C14H12ClFN2O2/c15-11-2-1-5-17-13(11)9-3-4-10(12(16)8-9)14(20)18-6-7-19/h1-5,8,19H,6-7H2,(H,18,20). The van der Waals surface area contributed by atoms with Crippen molar-refractivity contribution in [2.75, 3.05) is 13.2 Å². The summed E-state index contributed by atoms with van der Waals surface area (Å²) in [7, 11) is 0. The number of hydrogen-bond donors (Lipinski definition) is 2. The van der Waals surface area contributed by atoms with E-state index in [4.69, 9.17) is 16.7 Å². The molecule has 0 atom stereocenters. The van der Waals surface area contributed by atoms with Crippen LogP contribution < -0.4 is 5.32 Å². The molecule has 0 aliphatic rings. The summed E-state index contributed by atoms with van der Waals surface area (Å²) in [5, 5.41) is 11.4. The Morgan fingerprint density at radius 2 is 2.20 bits per heavy atom. The van der Waals surface area contributed by atoms with E-state index in [1.807, 2.05) is 0 Å². The van der Waals surface area contributed by atoms with E-state index in [9.17, 15) is 9.18 Å². The molecule has 6 heteroatoms. The Morgan fingerprint density at radius 1 is 1.40 bits per heavy atom. The van der Waals surface area contributed by atoms with Crippen molar-refractivity contribution in [1.29, 1.82) is 0 Å². The average Bonchev–Trinajstić information content (AvgIpc) is 2.45. The van der Waals surface area contributed by atoms with Crippen LogP contribution >= 0.6 is 11.6 Å². The molecule has 4 nitrogen and oxygen atoms in total. The van der Waals surface area contributed by atoms with Crippen LogP contribution in [0.3, 0.4) is 0 Å². The lowest BCUT2D eigenvalue weighted by molar-refractivity contribution is 0.0941. The molecular formula is C14H12ClFN2O2. The first-order valence-corrected chi connectivity index (χ1v) is 6.31. The summed E-state index contributed by atoms with van der Waals surface area (Å²) in [5.41, 5.74) is 0.858. The number of pyridine rings is 1. The normalized spacial score (nSPS) is 10.3. The van der Waals surface area contributed by atoms with Gasteiger partial charge in [-0.2, -0.15) is 0 Å². The molecule has 1 heterocycles. The fraction of sp³-hybridized carbons (Fsp3) is 0.143. The van der Waals surface area contributed by atoms with Gasteiger partial charge in [-0.1, -0.05) is 17.7 Å². The van der Waals surface area contributed by atoms with E-state index in [-0.39, 0.29) is 18.7 Å². The van der Waals surface area contributed by atoms with Crippen LogP contribution in [0.4, 0.5) is 4.39 Å². The molecule has 0 aliphatic heterocycles. The molecule has 20 heavy (non-hydrogen) atoms. The molecule has 0 saturated carbocycles. The second-order valence-electron chi connectivity index (χ2n) is 4.01. The minimum Gasteiger partial charge on any atom is -0.395 e. The van der Waals surface area contributed by atoms with Gasteiger partial charge in [0, 0.05) is 18.3 Å². The minimum absolute atomic E-state index is 0.0755. The van der Waals surface area contributed by atoms with Crippen molar-refractivity contribution in [2.24, 2.45) is 0 Å². The highest BCUT2D eigenvalue weighted by molar-refractivity contribution is 6.33. The van der Waals surface area contributed by atoms with Gasteiger partial charge in [0.05, 0.1) is 22.9 Å². The molecule has 0 aliphatic carbocycles. The average molecular weight is 295 g/mol. The molecular weight excluding hydrogens is 283 g/mol. The van der Waals surface area contributed by atoms with Crippen LogP contribution in [-0.2, 0) is 0 Å². The number of carbonyl (C=O) groups is 1. The van der Waals surface area contributed by atoms with E-state index in [1.165, 1.54) is 12.1 Å².